The lowest BCUT2D eigenvalue weighted by Gasteiger charge is -2.15. The zero-order valence-electron chi connectivity index (χ0n) is 5.63. The van der Waals surface area contributed by atoms with E-state index in [2.05, 4.69) is 0 Å². The van der Waals surface area contributed by atoms with Crippen LogP contribution in [0.2, 0.25) is 0 Å². The highest BCUT2D eigenvalue weighted by atomic mass is 35.5. The van der Waals surface area contributed by atoms with E-state index >= 15 is 0 Å². The van der Waals surface area contributed by atoms with E-state index in [0.29, 0.717) is 11.7 Å². The van der Waals surface area contributed by atoms with Gasteiger partial charge in [0.1, 0.15) is 5.16 Å². The van der Waals surface area contributed by atoms with Crippen molar-refractivity contribution in [2.75, 3.05) is 6.54 Å². The topological polar surface area (TPSA) is 27.0 Å². The van der Waals surface area contributed by atoms with Gasteiger partial charge in [0.15, 0.2) is 6.19 Å². The zero-order valence-corrected chi connectivity index (χ0v) is 6.39. The summed E-state index contributed by atoms with van der Waals surface area (Å²) in [7, 11) is 0. The summed E-state index contributed by atoms with van der Waals surface area (Å²) in [6, 6.07) is 0. The summed E-state index contributed by atoms with van der Waals surface area (Å²) < 4.78 is 0. The molecular formula is C7H7ClN2. The van der Waals surface area contributed by atoms with Crippen molar-refractivity contribution in [3.05, 3.63) is 22.9 Å². The molecule has 0 aromatic carbocycles. The lowest BCUT2D eigenvalue weighted by atomic mass is 10.2. The lowest BCUT2D eigenvalue weighted by molar-refractivity contribution is 0.561. The van der Waals surface area contributed by atoms with Gasteiger partial charge >= 0.3 is 0 Å². The Labute approximate surface area is 65.0 Å². The number of hydrogen-bond acceptors (Lipinski definition) is 2. The Balaban J connectivity index is 2.80. The second kappa shape index (κ2) is 2.76. The fraction of sp³-hybridized carbons (Fsp3) is 0.286. The summed E-state index contributed by atoms with van der Waals surface area (Å²) in [5, 5.41) is 8.97. The van der Waals surface area contributed by atoms with Crippen molar-refractivity contribution in [2.45, 2.75) is 6.92 Å². The molecule has 0 atom stereocenters. The van der Waals surface area contributed by atoms with E-state index in [-0.39, 0.29) is 0 Å². The third kappa shape index (κ3) is 1.31. The maximum atomic E-state index is 8.47. The molecule has 1 heterocycles. The van der Waals surface area contributed by atoms with Crippen LogP contribution in [0.15, 0.2) is 22.9 Å². The molecule has 0 bridgehead atoms. The van der Waals surface area contributed by atoms with Gasteiger partial charge in [-0.15, -0.1) is 0 Å². The third-order valence-electron chi connectivity index (χ3n) is 1.32. The number of halogens is 1. The van der Waals surface area contributed by atoms with Crippen LogP contribution in [0.3, 0.4) is 0 Å². The van der Waals surface area contributed by atoms with Gasteiger partial charge in [-0.05, 0) is 13.0 Å². The van der Waals surface area contributed by atoms with E-state index in [0.717, 1.165) is 5.57 Å². The van der Waals surface area contributed by atoms with E-state index in [9.17, 15) is 0 Å². The second-order valence-electron chi connectivity index (χ2n) is 2.13. The predicted molar refractivity (Wildman–Crippen MR) is 40.0 cm³/mol. The number of nitriles is 1. The molecule has 0 aromatic rings. The molecule has 1 rings (SSSR count). The molecule has 0 N–H and O–H groups in total. The number of hydrogen-bond donors (Lipinski definition) is 0. The summed E-state index contributed by atoms with van der Waals surface area (Å²) in [4.78, 5) is 1.43. The molecule has 1 aliphatic heterocycles. The van der Waals surface area contributed by atoms with Crippen LogP contribution in [0.1, 0.15) is 6.92 Å². The average Bonchev–Trinajstić information content (AvgIpc) is 1.88. The van der Waals surface area contributed by atoms with Crippen LogP contribution in [-0.2, 0) is 0 Å². The van der Waals surface area contributed by atoms with Crippen molar-refractivity contribution < 1.29 is 0 Å². The fourth-order valence-corrected chi connectivity index (χ4v) is 1.01. The SMILES string of the molecule is CC1=CCN(C#N)C(Cl)=C1. The Morgan fingerprint density at radius 1 is 1.80 bits per heavy atom. The molecule has 0 fully saturated rings. The number of rotatable bonds is 0. The molecule has 0 saturated carbocycles. The first-order valence-corrected chi connectivity index (χ1v) is 3.33. The quantitative estimate of drug-likeness (QED) is 0.393. The largest absolute Gasteiger partial charge is 0.265 e. The molecule has 0 saturated heterocycles. The van der Waals surface area contributed by atoms with Crippen LogP contribution in [0, 0.1) is 11.5 Å². The molecule has 0 spiro atoms. The Bertz CT molecular complexity index is 234. The molecule has 1 aliphatic rings. The van der Waals surface area contributed by atoms with Crippen LogP contribution < -0.4 is 0 Å². The van der Waals surface area contributed by atoms with Gasteiger partial charge in [0, 0.05) is 0 Å². The molecule has 10 heavy (non-hydrogen) atoms. The number of nitrogens with zero attached hydrogens (tertiary/aromatic N) is 2. The summed E-state index contributed by atoms with van der Waals surface area (Å²) in [5.74, 6) is 0. The monoisotopic (exact) mass is 154 g/mol. The minimum absolute atomic E-state index is 0.502. The fourth-order valence-electron chi connectivity index (χ4n) is 0.736. The highest BCUT2D eigenvalue weighted by molar-refractivity contribution is 6.29. The molecule has 52 valence electrons. The average molecular weight is 155 g/mol. The smallest absolute Gasteiger partial charge is 0.185 e. The van der Waals surface area contributed by atoms with Gasteiger partial charge in [0.25, 0.3) is 0 Å². The zero-order chi connectivity index (χ0) is 7.56. The van der Waals surface area contributed by atoms with Gasteiger partial charge in [0.05, 0.1) is 6.54 Å². The van der Waals surface area contributed by atoms with Crippen LogP contribution in [0.25, 0.3) is 0 Å². The molecular weight excluding hydrogens is 148 g/mol. The first-order valence-electron chi connectivity index (χ1n) is 2.95. The van der Waals surface area contributed by atoms with Crippen molar-refractivity contribution in [1.29, 1.82) is 5.26 Å². The van der Waals surface area contributed by atoms with Crippen molar-refractivity contribution in [2.24, 2.45) is 0 Å². The molecule has 0 amide bonds. The Kier molecular flexibility index (Phi) is 1.98. The van der Waals surface area contributed by atoms with E-state index in [4.69, 9.17) is 16.9 Å². The third-order valence-corrected chi connectivity index (χ3v) is 1.63. The van der Waals surface area contributed by atoms with Gasteiger partial charge in [-0.1, -0.05) is 23.3 Å². The first kappa shape index (κ1) is 7.17. The molecule has 3 heteroatoms. The van der Waals surface area contributed by atoms with Crippen molar-refractivity contribution >= 4 is 11.6 Å². The van der Waals surface area contributed by atoms with E-state index < -0.39 is 0 Å². The van der Waals surface area contributed by atoms with Crippen molar-refractivity contribution in [3.8, 4) is 6.19 Å². The maximum Gasteiger partial charge on any atom is 0.185 e. The first-order chi connectivity index (χ1) is 4.74. The Morgan fingerprint density at radius 2 is 2.50 bits per heavy atom. The Morgan fingerprint density at radius 3 is 3.00 bits per heavy atom. The summed E-state index contributed by atoms with van der Waals surface area (Å²) in [5.41, 5.74) is 1.11. The molecule has 0 radical (unpaired) electrons. The lowest BCUT2D eigenvalue weighted by Crippen LogP contribution is -2.16. The van der Waals surface area contributed by atoms with Crippen LogP contribution >= 0.6 is 11.6 Å². The van der Waals surface area contributed by atoms with Crippen molar-refractivity contribution in [3.63, 3.8) is 0 Å². The molecule has 0 aliphatic carbocycles. The highest BCUT2D eigenvalue weighted by Crippen LogP contribution is 2.16. The van der Waals surface area contributed by atoms with E-state index in [1.165, 1.54) is 4.90 Å². The summed E-state index contributed by atoms with van der Waals surface area (Å²) in [6.45, 7) is 2.55. The maximum absolute atomic E-state index is 8.47. The standard InChI is InChI=1S/C7H7ClN2/c1-6-2-3-10(5-9)7(8)4-6/h2,4H,3H2,1H3. The summed E-state index contributed by atoms with van der Waals surface area (Å²) in [6.07, 6.45) is 5.69. The van der Waals surface area contributed by atoms with E-state index in [1.54, 1.807) is 6.08 Å². The van der Waals surface area contributed by atoms with Crippen LogP contribution in [-0.4, -0.2) is 11.4 Å². The molecule has 0 aromatic heterocycles. The van der Waals surface area contributed by atoms with Crippen molar-refractivity contribution in [1.82, 2.24) is 4.90 Å². The normalized spacial score (nSPS) is 17.5. The number of allylic oxidation sites excluding steroid dienone is 2. The molecule has 2 nitrogen and oxygen atoms in total. The van der Waals surface area contributed by atoms with Crippen LogP contribution in [0.4, 0.5) is 0 Å². The van der Waals surface area contributed by atoms with Gasteiger partial charge in [-0.3, -0.25) is 4.90 Å². The minimum atomic E-state index is 0.502. The van der Waals surface area contributed by atoms with Gasteiger partial charge in [-0.2, -0.15) is 5.26 Å². The van der Waals surface area contributed by atoms with Crippen LogP contribution in [0.5, 0.6) is 0 Å². The van der Waals surface area contributed by atoms with Gasteiger partial charge in [0.2, 0.25) is 0 Å². The second-order valence-corrected chi connectivity index (χ2v) is 2.51. The summed E-state index contributed by atoms with van der Waals surface area (Å²) >= 11 is 5.70. The van der Waals surface area contributed by atoms with Gasteiger partial charge < -0.3 is 0 Å². The predicted octanol–water partition coefficient (Wildman–Crippen LogP) is 1.81. The highest BCUT2D eigenvalue weighted by Gasteiger charge is 2.07. The van der Waals surface area contributed by atoms with Gasteiger partial charge in [-0.25, -0.2) is 0 Å². The molecule has 0 unspecified atom stereocenters. The minimum Gasteiger partial charge on any atom is -0.265 e. The Hall–Kier alpha value is -0.940. The van der Waals surface area contributed by atoms with E-state index in [1.807, 2.05) is 19.2 Å².